The van der Waals surface area contributed by atoms with Crippen LogP contribution in [0.3, 0.4) is 0 Å². The largest absolute Gasteiger partial charge is 0.489 e. The zero-order chi connectivity index (χ0) is 13.0. The molecule has 18 heavy (non-hydrogen) atoms. The van der Waals surface area contributed by atoms with Crippen LogP contribution in [-0.4, -0.2) is 0 Å². The molecule has 2 rings (SSSR count). The maximum absolute atomic E-state index is 5.87. The molecule has 2 aromatic carbocycles. The number of hydrogen-bond donors (Lipinski definition) is 1. The molecule has 94 valence electrons. The molecule has 0 aliphatic rings. The van der Waals surface area contributed by atoms with E-state index in [1.54, 1.807) is 6.07 Å². The molecule has 2 aromatic rings. The molecule has 3 heteroatoms. The Hall–Kier alpha value is -1.67. The summed E-state index contributed by atoms with van der Waals surface area (Å²) in [6, 6.07) is 13.5. The topological polar surface area (TPSA) is 35.2 Å². The molecule has 0 saturated heterocycles. The van der Waals surface area contributed by atoms with Crippen LogP contribution in [0, 0.1) is 0 Å². The summed E-state index contributed by atoms with van der Waals surface area (Å²) in [5, 5.41) is 0.642. The summed E-state index contributed by atoms with van der Waals surface area (Å²) >= 11 is 5.85. The SMILES string of the molecule is CCc1ccc(OCc2ccc(Cl)cc2N)cc1. The standard InChI is InChI=1S/C15H16ClNO/c1-2-11-3-7-14(8-4-11)18-10-12-5-6-13(16)9-15(12)17/h3-9H,2,10,17H2,1H3. The lowest BCUT2D eigenvalue weighted by Gasteiger charge is -2.09. The highest BCUT2D eigenvalue weighted by atomic mass is 35.5. The molecule has 0 spiro atoms. The molecule has 2 nitrogen and oxygen atoms in total. The van der Waals surface area contributed by atoms with Crippen LogP contribution >= 0.6 is 11.6 Å². The second-order valence-electron chi connectivity index (χ2n) is 4.13. The van der Waals surface area contributed by atoms with Gasteiger partial charge < -0.3 is 10.5 Å². The minimum atomic E-state index is 0.453. The van der Waals surface area contributed by atoms with Gasteiger partial charge in [0.05, 0.1) is 0 Å². The zero-order valence-electron chi connectivity index (χ0n) is 10.3. The van der Waals surface area contributed by atoms with Crippen LogP contribution in [0.2, 0.25) is 5.02 Å². The number of nitrogen functional groups attached to an aromatic ring is 1. The highest BCUT2D eigenvalue weighted by molar-refractivity contribution is 6.30. The van der Waals surface area contributed by atoms with E-state index >= 15 is 0 Å². The molecule has 0 heterocycles. The van der Waals surface area contributed by atoms with Crippen LogP contribution < -0.4 is 10.5 Å². The predicted octanol–water partition coefficient (Wildman–Crippen LogP) is 4.06. The van der Waals surface area contributed by atoms with Crippen molar-refractivity contribution in [1.29, 1.82) is 0 Å². The van der Waals surface area contributed by atoms with Gasteiger partial charge in [0.1, 0.15) is 12.4 Å². The zero-order valence-corrected chi connectivity index (χ0v) is 11.1. The number of anilines is 1. The van der Waals surface area contributed by atoms with Crippen molar-refractivity contribution in [3.63, 3.8) is 0 Å². The maximum atomic E-state index is 5.87. The van der Waals surface area contributed by atoms with E-state index in [2.05, 4.69) is 19.1 Å². The number of hydrogen-bond acceptors (Lipinski definition) is 2. The summed E-state index contributed by atoms with van der Waals surface area (Å²) in [7, 11) is 0. The van der Waals surface area contributed by atoms with E-state index in [0.29, 0.717) is 17.3 Å². The molecule has 0 atom stereocenters. The first-order valence-corrected chi connectivity index (χ1v) is 6.32. The average Bonchev–Trinajstić information content (AvgIpc) is 2.38. The second kappa shape index (κ2) is 5.78. The van der Waals surface area contributed by atoms with Crippen molar-refractivity contribution in [2.75, 3.05) is 5.73 Å². The van der Waals surface area contributed by atoms with Gasteiger partial charge in [-0.25, -0.2) is 0 Å². The van der Waals surface area contributed by atoms with Gasteiger partial charge in [-0.05, 0) is 36.2 Å². The van der Waals surface area contributed by atoms with Crippen molar-refractivity contribution < 1.29 is 4.74 Å². The summed E-state index contributed by atoms with van der Waals surface area (Å²) in [6.45, 7) is 2.58. The van der Waals surface area contributed by atoms with E-state index in [1.807, 2.05) is 24.3 Å². The summed E-state index contributed by atoms with van der Waals surface area (Å²) in [4.78, 5) is 0. The average molecular weight is 262 g/mol. The first kappa shape index (κ1) is 12.8. The van der Waals surface area contributed by atoms with Crippen molar-refractivity contribution in [2.24, 2.45) is 0 Å². The molecule has 2 N–H and O–H groups in total. The molecule has 0 aromatic heterocycles. The van der Waals surface area contributed by atoms with Crippen molar-refractivity contribution in [3.8, 4) is 5.75 Å². The van der Waals surface area contributed by atoms with Gasteiger partial charge in [-0.3, -0.25) is 0 Å². The van der Waals surface area contributed by atoms with Crippen LogP contribution in [0.5, 0.6) is 5.75 Å². The number of halogens is 1. The van der Waals surface area contributed by atoms with E-state index in [4.69, 9.17) is 22.1 Å². The number of benzene rings is 2. The van der Waals surface area contributed by atoms with Crippen molar-refractivity contribution in [3.05, 3.63) is 58.6 Å². The lowest BCUT2D eigenvalue weighted by Crippen LogP contribution is -2.00. The Morgan fingerprint density at radius 1 is 1.11 bits per heavy atom. The Balaban J connectivity index is 2.02. The van der Waals surface area contributed by atoms with Crippen molar-refractivity contribution in [2.45, 2.75) is 20.0 Å². The van der Waals surface area contributed by atoms with Gasteiger partial charge in [0.15, 0.2) is 0 Å². The lowest BCUT2D eigenvalue weighted by molar-refractivity contribution is 0.307. The third-order valence-corrected chi connectivity index (χ3v) is 3.07. The Morgan fingerprint density at radius 3 is 2.44 bits per heavy atom. The molecule has 0 saturated carbocycles. The molecular weight excluding hydrogens is 246 g/mol. The van der Waals surface area contributed by atoms with Crippen LogP contribution in [-0.2, 0) is 13.0 Å². The number of aryl methyl sites for hydroxylation is 1. The van der Waals surface area contributed by atoms with E-state index in [-0.39, 0.29) is 0 Å². The smallest absolute Gasteiger partial charge is 0.119 e. The van der Waals surface area contributed by atoms with Gasteiger partial charge in [-0.1, -0.05) is 36.7 Å². The van der Waals surface area contributed by atoms with Gasteiger partial charge >= 0.3 is 0 Å². The minimum Gasteiger partial charge on any atom is -0.489 e. The third kappa shape index (κ3) is 3.17. The highest BCUT2D eigenvalue weighted by Crippen LogP contribution is 2.20. The molecule has 0 fully saturated rings. The fourth-order valence-electron chi connectivity index (χ4n) is 1.68. The van der Waals surface area contributed by atoms with E-state index < -0.39 is 0 Å². The van der Waals surface area contributed by atoms with Crippen LogP contribution in [0.15, 0.2) is 42.5 Å². The first-order valence-electron chi connectivity index (χ1n) is 5.94. The molecule has 0 aliphatic carbocycles. The number of ether oxygens (including phenoxy) is 1. The molecule has 0 bridgehead atoms. The summed E-state index contributed by atoms with van der Waals surface area (Å²) in [5.41, 5.74) is 8.77. The van der Waals surface area contributed by atoms with E-state index in [1.165, 1.54) is 5.56 Å². The van der Waals surface area contributed by atoms with Crippen molar-refractivity contribution >= 4 is 17.3 Å². The number of rotatable bonds is 4. The van der Waals surface area contributed by atoms with Crippen LogP contribution in [0.25, 0.3) is 0 Å². The molecule has 0 amide bonds. The van der Waals surface area contributed by atoms with Crippen LogP contribution in [0.1, 0.15) is 18.1 Å². The van der Waals surface area contributed by atoms with Crippen LogP contribution in [0.4, 0.5) is 5.69 Å². The molecule has 0 aliphatic heterocycles. The normalized spacial score (nSPS) is 10.3. The van der Waals surface area contributed by atoms with Crippen molar-refractivity contribution in [1.82, 2.24) is 0 Å². The van der Waals surface area contributed by atoms with Gasteiger partial charge in [-0.15, -0.1) is 0 Å². The fourth-order valence-corrected chi connectivity index (χ4v) is 1.86. The molecule has 0 radical (unpaired) electrons. The van der Waals surface area contributed by atoms with E-state index in [0.717, 1.165) is 17.7 Å². The Kier molecular flexibility index (Phi) is 4.11. The fraction of sp³-hybridized carbons (Fsp3) is 0.200. The Morgan fingerprint density at radius 2 is 1.83 bits per heavy atom. The summed E-state index contributed by atoms with van der Waals surface area (Å²) in [5.74, 6) is 0.849. The minimum absolute atomic E-state index is 0.453. The molecular formula is C15H16ClNO. The highest BCUT2D eigenvalue weighted by Gasteiger charge is 2.01. The monoisotopic (exact) mass is 261 g/mol. The maximum Gasteiger partial charge on any atom is 0.119 e. The lowest BCUT2D eigenvalue weighted by atomic mass is 10.1. The van der Waals surface area contributed by atoms with E-state index in [9.17, 15) is 0 Å². The summed E-state index contributed by atoms with van der Waals surface area (Å²) < 4.78 is 5.69. The Bertz CT molecular complexity index is 523. The second-order valence-corrected chi connectivity index (χ2v) is 4.57. The predicted molar refractivity (Wildman–Crippen MR) is 76.0 cm³/mol. The van der Waals surface area contributed by atoms with Gasteiger partial charge in [-0.2, -0.15) is 0 Å². The van der Waals surface area contributed by atoms with Gasteiger partial charge in [0.25, 0.3) is 0 Å². The van der Waals surface area contributed by atoms with Gasteiger partial charge in [0, 0.05) is 16.3 Å². The Labute approximate surface area is 112 Å². The first-order chi connectivity index (χ1) is 8.69. The molecule has 0 unspecified atom stereocenters. The number of nitrogens with two attached hydrogens (primary N) is 1. The summed E-state index contributed by atoms with van der Waals surface area (Å²) in [6.07, 6.45) is 1.03. The third-order valence-electron chi connectivity index (χ3n) is 2.83. The van der Waals surface area contributed by atoms with Gasteiger partial charge in [0.2, 0.25) is 0 Å². The quantitative estimate of drug-likeness (QED) is 0.843.